The van der Waals surface area contributed by atoms with E-state index in [9.17, 15) is 5.11 Å². The van der Waals surface area contributed by atoms with E-state index in [-0.39, 0.29) is 12.6 Å². The molecule has 0 aliphatic carbocycles. The highest BCUT2D eigenvalue weighted by Gasteiger charge is 2.24. The molecule has 1 N–H and O–H groups in total. The zero-order chi connectivity index (χ0) is 16.2. The first kappa shape index (κ1) is 16.2. The van der Waals surface area contributed by atoms with E-state index in [1.807, 2.05) is 18.2 Å². The van der Waals surface area contributed by atoms with Crippen LogP contribution in [0.4, 0.5) is 0 Å². The van der Waals surface area contributed by atoms with Crippen LogP contribution in [-0.2, 0) is 6.54 Å². The Morgan fingerprint density at radius 3 is 2.87 bits per heavy atom. The van der Waals surface area contributed by atoms with Crippen molar-refractivity contribution in [2.45, 2.75) is 25.4 Å². The first-order valence-electron chi connectivity index (χ1n) is 7.77. The maximum absolute atomic E-state index is 9.42. The number of thiazole rings is 1. The molecule has 5 nitrogen and oxygen atoms in total. The van der Waals surface area contributed by atoms with E-state index in [1.54, 1.807) is 25.6 Å². The van der Waals surface area contributed by atoms with Crippen molar-refractivity contribution in [3.8, 4) is 22.1 Å². The summed E-state index contributed by atoms with van der Waals surface area (Å²) in [7, 11) is 3.27. The summed E-state index contributed by atoms with van der Waals surface area (Å²) in [5.74, 6) is 1.43. The fourth-order valence-corrected chi connectivity index (χ4v) is 3.81. The van der Waals surface area contributed by atoms with Gasteiger partial charge in [-0.3, -0.25) is 4.90 Å². The van der Waals surface area contributed by atoms with Crippen LogP contribution < -0.4 is 9.47 Å². The monoisotopic (exact) mass is 334 g/mol. The van der Waals surface area contributed by atoms with Gasteiger partial charge in [-0.1, -0.05) is 0 Å². The molecule has 1 fully saturated rings. The molecule has 0 amide bonds. The van der Waals surface area contributed by atoms with E-state index in [2.05, 4.69) is 10.3 Å². The van der Waals surface area contributed by atoms with E-state index < -0.39 is 0 Å². The molecular formula is C17H22N2O3S. The van der Waals surface area contributed by atoms with Gasteiger partial charge in [-0.25, -0.2) is 4.98 Å². The van der Waals surface area contributed by atoms with Crippen molar-refractivity contribution in [1.29, 1.82) is 0 Å². The molecule has 0 radical (unpaired) electrons. The number of hydrogen-bond acceptors (Lipinski definition) is 6. The highest BCUT2D eigenvalue weighted by atomic mass is 32.1. The topological polar surface area (TPSA) is 54.8 Å². The highest BCUT2D eigenvalue weighted by molar-refractivity contribution is 7.13. The van der Waals surface area contributed by atoms with Gasteiger partial charge in [0.15, 0.2) is 11.5 Å². The normalized spacial score (nSPS) is 18.3. The van der Waals surface area contributed by atoms with E-state index in [1.165, 1.54) is 0 Å². The standard InChI is InChI=1S/C17H22N2O3S/c1-21-15-6-5-12(8-16(15)22-2)17-18-13(11-23-17)9-19-7-3-4-14(19)10-20/h5-6,8,11,14,20H,3-4,7,9-10H2,1-2H3/t14-/m1/s1. The minimum Gasteiger partial charge on any atom is -0.493 e. The summed E-state index contributed by atoms with van der Waals surface area (Å²) in [6, 6.07) is 6.13. The predicted molar refractivity (Wildman–Crippen MR) is 91.2 cm³/mol. The predicted octanol–water partition coefficient (Wildman–Crippen LogP) is 2.78. The molecule has 3 rings (SSSR count). The molecule has 124 valence electrons. The second-order valence-corrected chi connectivity index (χ2v) is 6.52. The van der Waals surface area contributed by atoms with Crippen LogP contribution in [0.1, 0.15) is 18.5 Å². The van der Waals surface area contributed by atoms with Crippen LogP contribution in [0.25, 0.3) is 10.6 Å². The molecule has 0 unspecified atom stereocenters. The fourth-order valence-electron chi connectivity index (χ4n) is 3.00. The molecule has 2 heterocycles. The van der Waals surface area contributed by atoms with Gasteiger partial charge in [-0.2, -0.15) is 0 Å². The molecule has 1 aliphatic rings. The molecule has 0 bridgehead atoms. The fraction of sp³-hybridized carbons (Fsp3) is 0.471. The number of aliphatic hydroxyl groups excluding tert-OH is 1. The van der Waals surface area contributed by atoms with E-state index in [0.717, 1.165) is 47.9 Å². The minimum atomic E-state index is 0.229. The number of methoxy groups -OCH3 is 2. The molecule has 1 aromatic heterocycles. The third-order valence-electron chi connectivity index (χ3n) is 4.26. The van der Waals surface area contributed by atoms with Crippen molar-refractivity contribution in [1.82, 2.24) is 9.88 Å². The molecular weight excluding hydrogens is 312 g/mol. The zero-order valence-corrected chi connectivity index (χ0v) is 14.3. The van der Waals surface area contributed by atoms with Gasteiger partial charge >= 0.3 is 0 Å². The lowest BCUT2D eigenvalue weighted by atomic mass is 10.2. The lowest BCUT2D eigenvalue weighted by Crippen LogP contribution is -2.31. The second kappa shape index (κ2) is 7.29. The van der Waals surface area contributed by atoms with Crippen LogP contribution in [0.15, 0.2) is 23.6 Å². The average Bonchev–Trinajstić information content (AvgIpc) is 3.23. The summed E-state index contributed by atoms with van der Waals surface area (Å²) < 4.78 is 10.6. The van der Waals surface area contributed by atoms with E-state index in [4.69, 9.17) is 14.5 Å². The van der Waals surface area contributed by atoms with Gasteiger partial charge in [0.05, 0.1) is 26.5 Å². The Labute approximate surface area is 140 Å². The van der Waals surface area contributed by atoms with Gasteiger partial charge in [0.1, 0.15) is 5.01 Å². The maximum Gasteiger partial charge on any atom is 0.161 e. The van der Waals surface area contributed by atoms with Crippen LogP contribution in [0.5, 0.6) is 11.5 Å². The minimum absolute atomic E-state index is 0.229. The Balaban J connectivity index is 1.76. The Hall–Kier alpha value is -1.63. The number of hydrogen-bond donors (Lipinski definition) is 1. The summed E-state index contributed by atoms with van der Waals surface area (Å²) in [4.78, 5) is 7.06. The molecule has 1 saturated heterocycles. The highest BCUT2D eigenvalue weighted by Crippen LogP contribution is 2.33. The van der Waals surface area contributed by atoms with Crippen LogP contribution in [0, 0.1) is 0 Å². The second-order valence-electron chi connectivity index (χ2n) is 5.66. The lowest BCUT2D eigenvalue weighted by molar-refractivity contribution is 0.152. The van der Waals surface area contributed by atoms with Crippen molar-refractivity contribution >= 4 is 11.3 Å². The molecule has 1 atom stereocenters. The summed E-state index contributed by atoms with van der Waals surface area (Å²) in [5, 5.41) is 12.5. The van der Waals surface area contributed by atoms with Crippen LogP contribution in [0.3, 0.4) is 0 Å². The summed E-state index contributed by atoms with van der Waals surface area (Å²) in [6.07, 6.45) is 2.22. The SMILES string of the molecule is COc1ccc(-c2nc(CN3CCC[C@@H]3CO)cs2)cc1OC. The average molecular weight is 334 g/mol. The number of aliphatic hydroxyl groups is 1. The zero-order valence-electron chi connectivity index (χ0n) is 13.5. The van der Waals surface area contributed by atoms with E-state index in [0.29, 0.717) is 5.75 Å². The number of likely N-dealkylation sites (tertiary alicyclic amines) is 1. The quantitative estimate of drug-likeness (QED) is 0.880. The van der Waals surface area contributed by atoms with Crippen LogP contribution >= 0.6 is 11.3 Å². The summed E-state index contributed by atoms with van der Waals surface area (Å²) in [6.45, 7) is 2.07. The summed E-state index contributed by atoms with van der Waals surface area (Å²) >= 11 is 1.63. The van der Waals surface area contributed by atoms with Gasteiger partial charge in [0.2, 0.25) is 0 Å². The largest absolute Gasteiger partial charge is 0.493 e. The first-order chi connectivity index (χ1) is 11.2. The molecule has 0 spiro atoms. The molecule has 1 aromatic carbocycles. The van der Waals surface area contributed by atoms with Crippen molar-refractivity contribution < 1.29 is 14.6 Å². The number of nitrogens with zero attached hydrogens (tertiary/aromatic N) is 2. The van der Waals surface area contributed by atoms with Gasteiger partial charge in [0.25, 0.3) is 0 Å². The molecule has 23 heavy (non-hydrogen) atoms. The Morgan fingerprint density at radius 2 is 2.13 bits per heavy atom. The molecule has 1 aliphatic heterocycles. The molecule has 2 aromatic rings. The lowest BCUT2D eigenvalue weighted by Gasteiger charge is -2.21. The van der Waals surface area contributed by atoms with Crippen molar-refractivity contribution in [2.75, 3.05) is 27.4 Å². The number of benzene rings is 1. The van der Waals surface area contributed by atoms with Crippen molar-refractivity contribution in [3.05, 3.63) is 29.3 Å². The number of aromatic nitrogens is 1. The Kier molecular flexibility index (Phi) is 5.15. The smallest absolute Gasteiger partial charge is 0.161 e. The van der Waals surface area contributed by atoms with Gasteiger partial charge in [-0.15, -0.1) is 11.3 Å². The third-order valence-corrected chi connectivity index (χ3v) is 5.20. The van der Waals surface area contributed by atoms with Crippen molar-refractivity contribution in [2.24, 2.45) is 0 Å². The number of rotatable bonds is 6. The third kappa shape index (κ3) is 3.49. The number of ether oxygens (including phenoxy) is 2. The van der Waals surface area contributed by atoms with Gasteiger partial charge < -0.3 is 14.6 Å². The van der Waals surface area contributed by atoms with Crippen molar-refractivity contribution in [3.63, 3.8) is 0 Å². The van der Waals surface area contributed by atoms with Gasteiger partial charge in [0, 0.05) is 23.5 Å². The summed E-state index contributed by atoms with van der Waals surface area (Å²) in [5.41, 5.74) is 2.08. The molecule has 6 heteroatoms. The van der Waals surface area contributed by atoms with Crippen LogP contribution in [0.2, 0.25) is 0 Å². The Bertz CT molecular complexity index is 659. The van der Waals surface area contributed by atoms with Gasteiger partial charge in [-0.05, 0) is 37.6 Å². The van der Waals surface area contributed by atoms with E-state index >= 15 is 0 Å². The molecule has 0 saturated carbocycles. The first-order valence-corrected chi connectivity index (χ1v) is 8.65. The van der Waals surface area contributed by atoms with Crippen LogP contribution in [-0.4, -0.2) is 48.4 Å². The Morgan fingerprint density at radius 1 is 1.30 bits per heavy atom. The maximum atomic E-state index is 9.42.